The number of fused-ring (bicyclic) bond motifs is 2. The molecule has 36 heavy (non-hydrogen) atoms. The number of benzene rings is 3. The topological polar surface area (TPSA) is 85.0 Å². The van der Waals surface area contributed by atoms with E-state index in [1.165, 1.54) is 4.90 Å². The van der Waals surface area contributed by atoms with Gasteiger partial charge in [-0.25, -0.2) is 4.99 Å². The summed E-state index contributed by atoms with van der Waals surface area (Å²) in [4.78, 5) is 32.4. The molecule has 0 aliphatic carbocycles. The van der Waals surface area contributed by atoms with Crippen LogP contribution in [0, 0.1) is 0 Å². The number of nitrogens with zero attached hydrogens (tertiary/aromatic N) is 2. The van der Waals surface area contributed by atoms with Crippen LogP contribution in [0.4, 0.5) is 0 Å². The molecular weight excluding hydrogens is 450 g/mol. The molecule has 2 aliphatic heterocycles. The molecule has 5 rings (SSSR count). The summed E-state index contributed by atoms with van der Waals surface area (Å²) in [5.41, 5.74) is 9.18. The van der Waals surface area contributed by atoms with Crippen molar-refractivity contribution in [3.05, 3.63) is 89.5 Å². The second kappa shape index (κ2) is 9.61. The Morgan fingerprint density at radius 1 is 1.06 bits per heavy atom. The second-order valence-corrected chi connectivity index (χ2v) is 9.59. The fourth-order valence-electron chi connectivity index (χ4n) is 5.12. The second-order valence-electron chi connectivity index (χ2n) is 9.59. The van der Waals surface area contributed by atoms with Crippen molar-refractivity contribution in [2.75, 3.05) is 7.05 Å². The minimum atomic E-state index is -1.16. The van der Waals surface area contributed by atoms with Gasteiger partial charge in [0.15, 0.2) is 17.3 Å². The number of Topliss-reactive ketones (excluding diaryl/α,β-unsaturated/α-hetero) is 1. The average Bonchev–Trinajstić information content (AvgIpc) is 3.12. The molecule has 0 unspecified atom stereocenters. The zero-order valence-corrected chi connectivity index (χ0v) is 20.7. The maximum absolute atomic E-state index is 13.6. The lowest BCUT2D eigenvalue weighted by Crippen LogP contribution is -2.43. The van der Waals surface area contributed by atoms with Crippen LogP contribution >= 0.6 is 0 Å². The lowest BCUT2D eigenvalue weighted by Gasteiger charge is -2.37. The molecule has 6 heteroatoms. The maximum Gasteiger partial charge on any atom is 0.261 e. The summed E-state index contributed by atoms with van der Waals surface area (Å²) in [5, 5.41) is 0. The first-order chi connectivity index (χ1) is 17.4. The first-order valence-corrected chi connectivity index (χ1v) is 12.6. The van der Waals surface area contributed by atoms with E-state index in [9.17, 15) is 9.59 Å². The van der Waals surface area contributed by atoms with Crippen LogP contribution in [0.15, 0.2) is 77.8 Å². The van der Waals surface area contributed by atoms with E-state index in [1.54, 1.807) is 7.05 Å². The third-order valence-corrected chi connectivity index (χ3v) is 7.18. The van der Waals surface area contributed by atoms with Crippen LogP contribution in [-0.2, 0) is 10.3 Å². The van der Waals surface area contributed by atoms with Crippen LogP contribution < -0.4 is 10.5 Å². The molecule has 1 amide bonds. The molecule has 0 bridgehead atoms. The molecule has 184 valence electrons. The van der Waals surface area contributed by atoms with Crippen molar-refractivity contribution in [2.45, 2.75) is 50.7 Å². The highest BCUT2D eigenvalue weighted by Crippen LogP contribution is 2.50. The molecule has 2 atom stereocenters. The van der Waals surface area contributed by atoms with Gasteiger partial charge in [0.2, 0.25) is 0 Å². The number of ketones is 1. The van der Waals surface area contributed by atoms with Gasteiger partial charge in [0.05, 0.1) is 0 Å². The predicted octanol–water partition coefficient (Wildman–Crippen LogP) is 5.62. The van der Waals surface area contributed by atoms with Gasteiger partial charge in [-0.3, -0.25) is 14.5 Å². The number of ether oxygens (including phenoxy) is 1. The molecule has 0 aromatic heterocycles. The number of hydrogen-bond acceptors (Lipinski definition) is 5. The molecule has 6 nitrogen and oxygen atoms in total. The van der Waals surface area contributed by atoms with E-state index >= 15 is 0 Å². The zero-order chi connectivity index (χ0) is 25.3. The van der Waals surface area contributed by atoms with Gasteiger partial charge in [0.25, 0.3) is 5.91 Å². The summed E-state index contributed by atoms with van der Waals surface area (Å²) in [7, 11) is 1.65. The summed E-state index contributed by atoms with van der Waals surface area (Å²) in [5.74, 6) is 0.803. The molecule has 2 N–H and O–H groups in total. The Morgan fingerprint density at radius 2 is 1.83 bits per heavy atom. The fourth-order valence-corrected chi connectivity index (χ4v) is 5.12. The Labute approximate surface area is 211 Å². The van der Waals surface area contributed by atoms with E-state index in [2.05, 4.69) is 6.92 Å². The highest BCUT2D eigenvalue weighted by atomic mass is 16.5. The highest BCUT2D eigenvalue weighted by molar-refractivity contribution is 6.07. The SMILES string of the molecule is CCCCCC(=O)c1cccc(-c2ccc3c(c2)[C@]2(C[C@H](c4ccccc4)O3)N=C(N)N(C)C2=O)c1. The number of carbonyl (C=O) groups is 2. The van der Waals surface area contributed by atoms with E-state index in [4.69, 9.17) is 15.5 Å². The van der Waals surface area contributed by atoms with Crippen molar-refractivity contribution >= 4 is 17.6 Å². The van der Waals surface area contributed by atoms with Gasteiger partial charge < -0.3 is 10.5 Å². The van der Waals surface area contributed by atoms with Crippen molar-refractivity contribution in [3.8, 4) is 16.9 Å². The van der Waals surface area contributed by atoms with Gasteiger partial charge in [0, 0.05) is 31.0 Å². The van der Waals surface area contributed by atoms with Gasteiger partial charge in [-0.1, -0.05) is 74.4 Å². The van der Waals surface area contributed by atoms with Gasteiger partial charge >= 0.3 is 0 Å². The Bertz CT molecular complexity index is 1330. The van der Waals surface area contributed by atoms with E-state index < -0.39 is 5.54 Å². The fraction of sp³-hybridized carbons (Fsp3) is 0.300. The van der Waals surface area contributed by atoms with E-state index in [0.29, 0.717) is 29.7 Å². The first kappa shape index (κ1) is 23.8. The van der Waals surface area contributed by atoms with Crippen LogP contribution in [-0.4, -0.2) is 29.6 Å². The zero-order valence-electron chi connectivity index (χ0n) is 20.7. The number of unbranched alkanes of at least 4 members (excludes halogenated alkanes) is 2. The quantitative estimate of drug-likeness (QED) is 0.350. The van der Waals surface area contributed by atoms with Crippen molar-refractivity contribution < 1.29 is 14.3 Å². The lowest BCUT2D eigenvalue weighted by atomic mass is 9.79. The normalized spacial score (nSPS) is 20.7. The molecule has 3 aromatic rings. The molecule has 0 fully saturated rings. The number of carbonyl (C=O) groups excluding carboxylic acids is 2. The van der Waals surface area contributed by atoms with Crippen LogP contribution in [0.2, 0.25) is 0 Å². The molecule has 0 saturated heterocycles. The number of hydrogen-bond donors (Lipinski definition) is 1. The number of guanidine groups is 1. The number of aliphatic imine (C=N–C) groups is 1. The van der Waals surface area contributed by atoms with Crippen LogP contribution in [0.25, 0.3) is 11.1 Å². The summed E-state index contributed by atoms with van der Waals surface area (Å²) < 4.78 is 6.40. The van der Waals surface area contributed by atoms with Gasteiger partial charge in [-0.15, -0.1) is 0 Å². The molecule has 0 radical (unpaired) electrons. The Hall–Kier alpha value is -3.93. The minimum Gasteiger partial charge on any atom is -0.485 e. The summed E-state index contributed by atoms with van der Waals surface area (Å²) >= 11 is 0. The maximum atomic E-state index is 13.6. The van der Waals surface area contributed by atoms with E-state index in [1.807, 2.05) is 72.8 Å². The smallest absolute Gasteiger partial charge is 0.261 e. The summed E-state index contributed by atoms with van der Waals surface area (Å²) in [6.07, 6.45) is 3.60. The number of rotatable bonds is 7. The summed E-state index contributed by atoms with van der Waals surface area (Å²) in [6, 6.07) is 23.4. The molecular formula is C30H31N3O3. The van der Waals surface area contributed by atoms with E-state index in [0.717, 1.165) is 36.0 Å². The van der Waals surface area contributed by atoms with Gasteiger partial charge in [-0.2, -0.15) is 0 Å². The van der Waals surface area contributed by atoms with Crippen LogP contribution in [0.5, 0.6) is 5.75 Å². The molecule has 2 aliphatic rings. The first-order valence-electron chi connectivity index (χ1n) is 12.6. The molecule has 3 aromatic carbocycles. The third-order valence-electron chi connectivity index (χ3n) is 7.18. The van der Waals surface area contributed by atoms with Crippen LogP contribution in [0.1, 0.15) is 66.6 Å². The Morgan fingerprint density at radius 3 is 2.56 bits per heavy atom. The predicted molar refractivity (Wildman–Crippen MR) is 141 cm³/mol. The van der Waals surface area contributed by atoms with Gasteiger partial charge in [0.1, 0.15) is 11.9 Å². The third kappa shape index (κ3) is 4.17. The number of likely N-dealkylation sites (N-methyl/N-ethyl adjacent to an activating group) is 1. The van der Waals surface area contributed by atoms with E-state index in [-0.39, 0.29) is 23.8 Å². The monoisotopic (exact) mass is 481 g/mol. The van der Waals surface area contributed by atoms with Crippen LogP contribution in [0.3, 0.4) is 0 Å². The van der Waals surface area contributed by atoms with Gasteiger partial charge in [-0.05, 0) is 41.3 Å². The molecule has 2 heterocycles. The number of nitrogens with two attached hydrogens (primary N) is 1. The Kier molecular flexibility index (Phi) is 6.35. The van der Waals surface area contributed by atoms with Crippen molar-refractivity contribution in [1.29, 1.82) is 0 Å². The molecule has 1 spiro atoms. The number of amides is 1. The lowest BCUT2D eigenvalue weighted by molar-refractivity contribution is -0.132. The molecule has 0 saturated carbocycles. The Balaban J connectivity index is 1.55. The van der Waals surface area contributed by atoms with Crippen molar-refractivity contribution in [1.82, 2.24) is 4.90 Å². The largest absolute Gasteiger partial charge is 0.485 e. The van der Waals surface area contributed by atoms with Crippen molar-refractivity contribution in [3.63, 3.8) is 0 Å². The summed E-state index contributed by atoms with van der Waals surface area (Å²) in [6.45, 7) is 2.13. The minimum absolute atomic E-state index is 0.152. The van der Waals surface area contributed by atoms with Crippen molar-refractivity contribution in [2.24, 2.45) is 10.7 Å². The standard InChI is InChI=1S/C30H31N3O3/c1-3-4-6-14-25(34)23-13-9-12-21(17-23)22-15-16-26-24(18-22)30(28(35)33(2)29(31)32-30)19-27(36-26)20-10-7-5-8-11-20/h5,7-13,15-18,27H,3-4,6,14,19H2,1-2H3,(H2,31,32)/t27-,30+/m1/s1. The average molecular weight is 482 g/mol. The highest BCUT2D eigenvalue weighted by Gasteiger charge is 2.53.